The van der Waals surface area contributed by atoms with Crippen LogP contribution in [0.5, 0.6) is 0 Å². The van der Waals surface area contributed by atoms with Crippen LogP contribution in [0.25, 0.3) is 0 Å². The summed E-state index contributed by atoms with van der Waals surface area (Å²) in [5, 5.41) is 10.1. The Kier molecular flexibility index (Phi) is 5.82. The fraction of sp³-hybridized carbons (Fsp3) is 0.368. The van der Waals surface area contributed by atoms with Crippen LogP contribution in [0.1, 0.15) is 36.0 Å². The van der Waals surface area contributed by atoms with Gasteiger partial charge in [0, 0.05) is 0 Å². The maximum absolute atomic E-state index is 10.1. The zero-order chi connectivity index (χ0) is 14.2. The first-order chi connectivity index (χ1) is 9.75. The minimum absolute atomic E-state index is 0.182. The molecule has 20 heavy (non-hydrogen) atoms. The van der Waals surface area contributed by atoms with Crippen LogP contribution in [0.3, 0.4) is 0 Å². The lowest BCUT2D eigenvalue weighted by atomic mass is 9.99. The Labute approximate surface area is 122 Å². The van der Waals surface area contributed by atoms with Crippen molar-refractivity contribution in [2.75, 3.05) is 0 Å². The van der Waals surface area contributed by atoms with Crippen LogP contribution in [-0.2, 0) is 12.8 Å². The summed E-state index contributed by atoms with van der Waals surface area (Å²) in [5.74, 6) is 0. The molecule has 2 aromatic carbocycles. The monoisotopic (exact) mass is 268 g/mol. The normalized spacial score (nSPS) is 12.3. The summed E-state index contributed by atoms with van der Waals surface area (Å²) in [5.41, 5.74) is 4.04. The molecule has 0 heterocycles. The van der Waals surface area contributed by atoms with Gasteiger partial charge in [0.05, 0.1) is 6.10 Å². The van der Waals surface area contributed by atoms with Crippen molar-refractivity contribution in [1.29, 1.82) is 0 Å². The van der Waals surface area contributed by atoms with E-state index in [0.717, 1.165) is 32.1 Å². The second kappa shape index (κ2) is 7.86. The van der Waals surface area contributed by atoms with E-state index >= 15 is 0 Å². The standard InChI is InChI=1S/C19H24O/c1-16-8-5-6-12-18(16)14-15-19(20)13-7-11-17-9-3-2-4-10-17/h2-6,8-10,12,19-20H,7,11,13-15H2,1H3. The van der Waals surface area contributed by atoms with Gasteiger partial charge in [0.2, 0.25) is 0 Å². The number of hydrogen-bond acceptors (Lipinski definition) is 1. The van der Waals surface area contributed by atoms with Crippen molar-refractivity contribution < 1.29 is 5.11 Å². The van der Waals surface area contributed by atoms with E-state index in [9.17, 15) is 5.11 Å². The summed E-state index contributed by atoms with van der Waals surface area (Å²) in [6, 6.07) is 18.9. The highest BCUT2D eigenvalue weighted by Crippen LogP contribution is 2.14. The average molecular weight is 268 g/mol. The Hall–Kier alpha value is -1.60. The molecular weight excluding hydrogens is 244 g/mol. The van der Waals surface area contributed by atoms with Crippen molar-refractivity contribution >= 4 is 0 Å². The lowest BCUT2D eigenvalue weighted by molar-refractivity contribution is 0.152. The molecule has 0 bridgehead atoms. The molecule has 1 heteroatoms. The van der Waals surface area contributed by atoms with Crippen molar-refractivity contribution in [2.24, 2.45) is 0 Å². The van der Waals surface area contributed by atoms with E-state index in [1.54, 1.807) is 0 Å². The molecule has 0 amide bonds. The molecule has 2 aromatic rings. The van der Waals surface area contributed by atoms with Crippen LogP contribution in [0.15, 0.2) is 54.6 Å². The minimum Gasteiger partial charge on any atom is -0.393 e. The molecule has 106 valence electrons. The Bertz CT molecular complexity index is 504. The van der Waals surface area contributed by atoms with Gasteiger partial charge in [-0.25, -0.2) is 0 Å². The first-order valence-corrected chi connectivity index (χ1v) is 7.52. The van der Waals surface area contributed by atoms with Gasteiger partial charge in [-0.2, -0.15) is 0 Å². The SMILES string of the molecule is Cc1ccccc1CCC(O)CCCc1ccccc1. The molecule has 1 unspecified atom stereocenters. The third kappa shape index (κ3) is 4.82. The first-order valence-electron chi connectivity index (χ1n) is 7.52. The van der Waals surface area contributed by atoms with Crippen molar-refractivity contribution in [3.8, 4) is 0 Å². The summed E-state index contributed by atoms with van der Waals surface area (Å²) in [7, 11) is 0. The quantitative estimate of drug-likeness (QED) is 0.793. The lowest BCUT2D eigenvalue weighted by Crippen LogP contribution is -2.08. The average Bonchev–Trinajstić information content (AvgIpc) is 2.47. The van der Waals surface area contributed by atoms with Crippen molar-refractivity contribution in [1.82, 2.24) is 0 Å². The van der Waals surface area contributed by atoms with E-state index in [1.807, 2.05) is 6.07 Å². The van der Waals surface area contributed by atoms with Gasteiger partial charge >= 0.3 is 0 Å². The molecule has 1 atom stereocenters. The van der Waals surface area contributed by atoms with Crippen LogP contribution in [0.4, 0.5) is 0 Å². The van der Waals surface area contributed by atoms with Crippen LogP contribution in [0, 0.1) is 6.92 Å². The highest BCUT2D eigenvalue weighted by Gasteiger charge is 2.06. The summed E-state index contributed by atoms with van der Waals surface area (Å²) < 4.78 is 0. The van der Waals surface area contributed by atoms with E-state index in [-0.39, 0.29) is 6.10 Å². The second-order valence-electron chi connectivity index (χ2n) is 5.50. The smallest absolute Gasteiger partial charge is 0.0543 e. The Balaban J connectivity index is 1.68. The summed E-state index contributed by atoms with van der Waals surface area (Å²) >= 11 is 0. The molecule has 0 aromatic heterocycles. The molecule has 0 aliphatic rings. The third-order valence-corrected chi connectivity index (χ3v) is 3.85. The summed E-state index contributed by atoms with van der Waals surface area (Å²) in [6.45, 7) is 2.14. The fourth-order valence-corrected chi connectivity index (χ4v) is 2.54. The number of aliphatic hydroxyl groups is 1. The Morgan fingerprint density at radius 3 is 2.30 bits per heavy atom. The molecule has 0 aliphatic carbocycles. The predicted octanol–water partition coefficient (Wildman–Crippen LogP) is 4.31. The number of aliphatic hydroxyl groups excluding tert-OH is 1. The lowest BCUT2D eigenvalue weighted by Gasteiger charge is -2.11. The van der Waals surface area contributed by atoms with Crippen molar-refractivity contribution in [2.45, 2.75) is 45.1 Å². The molecule has 0 fully saturated rings. The summed E-state index contributed by atoms with van der Waals surface area (Å²) in [4.78, 5) is 0. The van der Waals surface area contributed by atoms with Gasteiger partial charge in [0.1, 0.15) is 0 Å². The third-order valence-electron chi connectivity index (χ3n) is 3.85. The molecule has 0 saturated heterocycles. The second-order valence-corrected chi connectivity index (χ2v) is 5.50. The summed E-state index contributed by atoms with van der Waals surface area (Å²) in [6.07, 6.45) is 4.65. The van der Waals surface area contributed by atoms with Gasteiger partial charge < -0.3 is 5.11 Å². The Morgan fingerprint density at radius 1 is 0.850 bits per heavy atom. The van der Waals surface area contributed by atoms with Crippen molar-refractivity contribution in [3.05, 3.63) is 71.3 Å². The van der Waals surface area contributed by atoms with Gasteiger partial charge in [-0.05, 0) is 55.7 Å². The van der Waals surface area contributed by atoms with Crippen LogP contribution >= 0.6 is 0 Å². The topological polar surface area (TPSA) is 20.2 Å². The number of aryl methyl sites for hydroxylation is 3. The van der Waals surface area contributed by atoms with Gasteiger partial charge in [-0.3, -0.25) is 0 Å². The minimum atomic E-state index is -0.182. The van der Waals surface area contributed by atoms with Crippen LogP contribution in [-0.4, -0.2) is 11.2 Å². The Morgan fingerprint density at radius 2 is 1.55 bits per heavy atom. The largest absolute Gasteiger partial charge is 0.393 e. The van der Waals surface area contributed by atoms with Gasteiger partial charge in [-0.15, -0.1) is 0 Å². The highest BCUT2D eigenvalue weighted by atomic mass is 16.3. The van der Waals surface area contributed by atoms with E-state index in [0.29, 0.717) is 0 Å². The van der Waals surface area contributed by atoms with E-state index in [1.165, 1.54) is 16.7 Å². The van der Waals surface area contributed by atoms with Gasteiger partial charge in [0.25, 0.3) is 0 Å². The van der Waals surface area contributed by atoms with E-state index in [4.69, 9.17) is 0 Å². The van der Waals surface area contributed by atoms with E-state index in [2.05, 4.69) is 55.5 Å². The number of hydrogen-bond donors (Lipinski definition) is 1. The number of rotatable bonds is 7. The molecule has 0 radical (unpaired) electrons. The van der Waals surface area contributed by atoms with Crippen LogP contribution < -0.4 is 0 Å². The van der Waals surface area contributed by atoms with Crippen molar-refractivity contribution in [3.63, 3.8) is 0 Å². The maximum atomic E-state index is 10.1. The van der Waals surface area contributed by atoms with Crippen LogP contribution in [0.2, 0.25) is 0 Å². The van der Waals surface area contributed by atoms with Gasteiger partial charge in [-0.1, -0.05) is 54.6 Å². The zero-order valence-electron chi connectivity index (χ0n) is 12.3. The molecule has 2 rings (SSSR count). The number of benzene rings is 2. The molecule has 0 spiro atoms. The molecule has 1 N–H and O–H groups in total. The predicted molar refractivity (Wildman–Crippen MR) is 84.9 cm³/mol. The highest BCUT2D eigenvalue weighted by molar-refractivity contribution is 5.25. The fourth-order valence-electron chi connectivity index (χ4n) is 2.54. The van der Waals surface area contributed by atoms with E-state index < -0.39 is 0 Å². The zero-order valence-corrected chi connectivity index (χ0v) is 12.3. The molecular formula is C19H24O. The maximum Gasteiger partial charge on any atom is 0.0543 e. The van der Waals surface area contributed by atoms with Gasteiger partial charge in [0.15, 0.2) is 0 Å². The molecule has 0 aliphatic heterocycles. The first kappa shape index (κ1) is 14.8. The molecule has 1 nitrogen and oxygen atoms in total. The molecule has 0 saturated carbocycles.